The van der Waals surface area contributed by atoms with Gasteiger partial charge in [0.2, 0.25) is 0 Å². The number of amides is 1. The first-order valence-corrected chi connectivity index (χ1v) is 8.17. The van der Waals surface area contributed by atoms with Crippen LogP contribution in [0, 0.1) is 13.8 Å². The molecule has 0 spiro atoms. The van der Waals surface area contributed by atoms with Crippen LogP contribution in [0.5, 0.6) is 5.75 Å². The Hall–Kier alpha value is -2.82. The van der Waals surface area contributed by atoms with Crippen LogP contribution in [0.2, 0.25) is 0 Å². The quantitative estimate of drug-likeness (QED) is 0.811. The van der Waals surface area contributed by atoms with Crippen molar-refractivity contribution in [1.29, 1.82) is 0 Å². The molecule has 0 aliphatic carbocycles. The number of carbonyl (C=O) groups is 2. The minimum Gasteiger partial charge on any atom is -0.482 e. The SMILES string of the molecule is Cc1ccc(CC(C)NC(=O)c2cccc(OCC(=O)O)c2)c(C)c1. The molecule has 0 aliphatic rings. The molecule has 2 aromatic carbocycles. The van der Waals surface area contributed by atoms with E-state index in [1.807, 2.05) is 6.92 Å². The van der Waals surface area contributed by atoms with Gasteiger partial charge in [-0.15, -0.1) is 0 Å². The summed E-state index contributed by atoms with van der Waals surface area (Å²) in [7, 11) is 0. The Kier molecular flexibility index (Phi) is 6.17. The predicted molar refractivity (Wildman–Crippen MR) is 96.1 cm³/mol. The van der Waals surface area contributed by atoms with Gasteiger partial charge < -0.3 is 15.2 Å². The lowest BCUT2D eigenvalue weighted by molar-refractivity contribution is -0.139. The Morgan fingerprint density at radius 2 is 1.92 bits per heavy atom. The number of hydrogen-bond donors (Lipinski definition) is 2. The molecular weight excluding hydrogens is 318 g/mol. The van der Waals surface area contributed by atoms with Gasteiger partial charge in [-0.3, -0.25) is 4.79 Å². The molecule has 5 heteroatoms. The third-order valence-electron chi connectivity index (χ3n) is 3.86. The summed E-state index contributed by atoms with van der Waals surface area (Å²) >= 11 is 0. The first kappa shape index (κ1) is 18.5. The van der Waals surface area contributed by atoms with E-state index in [1.165, 1.54) is 16.7 Å². The van der Waals surface area contributed by atoms with Crippen molar-refractivity contribution < 1.29 is 19.4 Å². The standard InChI is InChI=1S/C20H23NO4/c1-13-7-8-16(14(2)9-13)10-15(3)21-20(24)17-5-4-6-18(11-17)25-12-19(22)23/h4-9,11,15H,10,12H2,1-3H3,(H,21,24)(H,22,23). The molecule has 2 rings (SSSR count). The number of aliphatic carboxylic acids is 1. The summed E-state index contributed by atoms with van der Waals surface area (Å²) in [5.41, 5.74) is 4.08. The molecule has 0 heterocycles. The second kappa shape index (κ2) is 8.33. The third kappa shape index (κ3) is 5.64. The van der Waals surface area contributed by atoms with Crippen molar-refractivity contribution >= 4 is 11.9 Å². The highest BCUT2D eigenvalue weighted by atomic mass is 16.5. The molecule has 0 bridgehead atoms. The van der Waals surface area contributed by atoms with Gasteiger partial charge in [0, 0.05) is 11.6 Å². The van der Waals surface area contributed by atoms with Crippen LogP contribution in [0.4, 0.5) is 0 Å². The maximum atomic E-state index is 12.4. The van der Waals surface area contributed by atoms with Crippen molar-refractivity contribution in [2.45, 2.75) is 33.2 Å². The first-order chi connectivity index (χ1) is 11.8. The van der Waals surface area contributed by atoms with E-state index in [0.29, 0.717) is 11.3 Å². The van der Waals surface area contributed by atoms with Crippen LogP contribution < -0.4 is 10.1 Å². The Bertz CT molecular complexity index is 770. The van der Waals surface area contributed by atoms with Gasteiger partial charge in [0.15, 0.2) is 6.61 Å². The zero-order valence-corrected chi connectivity index (χ0v) is 14.7. The molecule has 132 valence electrons. The highest BCUT2D eigenvalue weighted by Gasteiger charge is 2.12. The number of carbonyl (C=O) groups excluding carboxylic acids is 1. The molecule has 25 heavy (non-hydrogen) atoms. The zero-order valence-electron chi connectivity index (χ0n) is 14.7. The van der Waals surface area contributed by atoms with E-state index in [9.17, 15) is 9.59 Å². The summed E-state index contributed by atoms with van der Waals surface area (Å²) in [6.45, 7) is 5.65. The van der Waals surface area contributed by atoms with Gasteiger partial charge >= 0.3 is 5.97 Å². The van der Waals surface area contributed by atoms with E-state index in [2.05, 4.69) is 37.4 Å². The van der Waals surface area contributed by atoms with Gasteiger partial charge in [-0.25, -0.2) is 4.79 Å². The minimum atomic E-state index is -1.06. The van der Waals surface area contributed by atoms with Crippen molar-refractivity contribution in [1.82, 2.24) is 5.32 Å². The van der Waals surface area contributed by atoms with Crippen LogP contribution in [0.1, 0.15) is 34.0 Å². The molecule has 0 aromatic heterocycles. The van der Waals surface area contributed by atoms with Crippen molar-refractivity contribution in [3.05, 3.63) is 64.7 Å². The third-order valence-corrected chi connectivity index (χ3v) is 3.86. The number of rotatable bonds is 7. The molecule has 5 nitrogen and oxygen atoms in total. The Labute approximate surface area is 147 Å². The lowest BCUT2D eigenvalue weighted by Gasteiger charge is -2.16. The maximum absolute atomic E-state index is 12.4. The Balaban J connectivity index is 1.98. The number of carboxylic acids is 1. The lowest BCUT2D eigenvalue weighted by atomic mass is 10.00. The molecule has 0 saturated heterocycles. The fraction of sp³-hybridized carbons (Fsp3) is 0.300. The minimum absolute atomic E-state index is 0.0301. The summed E-state index contributed by atoms with van der Waals surface area (Å²) in [6.07, 6.45) is 0.743. The fourth-order valence-corrected chi connectivity index (χ4v) is 2.64. The van der Waals surface area contributed by atoms with Gasteiger partial charge in [0.05, 0.1) is 0 Å². The summed E-state index contributed by atoms with van der Waals surface area (Å²) < 4.78 is 5.11. The molecule has 0 aliphatic heterocycles. The van der Waals surface area contributed by atoms with E-state index in [4.69, 9.17) is 9.84 Å². The molecular formula is C20H23NO4. The van der Waals surface area contributed by atoms with Crippen molar-refractivity contribution in [2.75, 3.05) is 6.61 Å². The van der Waals surface area contributed by atoms with Gasteiger partial charge in [-0.2, -0.15) is 0 Å². The first-order valence-electron chi connectivity index (χ1n) is 8.17. The normalized spacial score (nSPS) is 11.6. The summed E-state index contributed by atoms with van der Waals surface area (Å²) in [4.78, 5) is 22.9. The molecule has 1 atom stereocenters. The average Bonchev–Trinajstić information content (AvgIpc) is 2.56. The van der Waals surface area contributed by atoms with Crippen LogP contribution in [-0.4, -0.2) is 29.6 Å². The fourth-order valence-electron chi connectivity index (χ4n) is 2.64. The number of nitrogens with one attached hydrogen (secondary N) is 1. The Morgan fingerprint density at radius 3 is 2.60 bits per heavy atom. The van der Waals surface area contributed by atoms with E-state index in [1.54, 1.807) is 24.3 Å². The van der Waals surface area contributed by atoms with Crippen LogP contribution in [-0.2, 0) is 11.2 Å². The summed E-state index contributed by atoms with van der Waals surface area (Å²) in [6, 6.07) is 12.8. The smallest absolute Gasteiger partial charge is 0.341 e. The number of aryl methyl sites for hydroxylation is 2. The number of benzene rings is 2. The topological polar surface area (TPSA) is 75.6 Å². The zero-order chi connectivity index (χ0) is 18.4. The van der Waals surface area contributed by atoms with Crippen LogP contribution in [0.25, 0.3) is 0 Å². The molecule has 2 N–H and O–H groups in total. The average molecular weight is 341 g/mol. The monoisotopic (exact) mass is 341 g/mol. The second-order valence-electron chi connectivity index (χ2n) is 6.22. The van der Waals surface area contributed by atoms with Gasteiger partial charge in [-0.05, 0) is 56.5 Å². The molecule has 0 radical (unpaired) electrons. The molecule has 1 unspecified atom stereocenters. The van der Waals surface area contributed by atoms with E-state index in [0.717, 1.165) is 6.42 Å². The van der Waals surface area contributed by atoms with Crippen LogP contribution >= 0.6 is 0 Å². The highest BCUT2D eigenvalue weighted by Crippen LogP contribution is 2.15. The number of ether oxygens (including phenoxy) is 1. The van der Waals surface area contributed by atoms with Crippen molar-refractivity contribution in [3.63, 3.8) is 0 Å². The van der Waals surface area contributed by atoms with E-state index in [-0.39, 0.29) is 11.9 Å². The van der Waals surface area contributed by atoms with E-state index >= 15 is 0 Å². The van der Waals surface area contributed by atoms with Crippen LogP contribution in [0.3, 0.4) is 0 Å². The number of carboxylic acid groups (broad SMARTS) is 1. The Morgan fingerprint density at radius 1 is 1.16 bits per heavy atom. The van der Waals surface area contributed by atoms with Gasteiger partial charge in [0.1, 0.15) is 5.75 Å². The predicted octanol–water partition coefficient (Wildman–Crippen LogP) is 3.13. The lowest BCUT2D eigenvalue weighted by Crippen LogP contribution is -2.34. The second-order valence-corrected chi connectivity index (χ2v) is 6.22. The number of hydrogen-bond acceptors (Lipinski definition) is 3. The van der Waals surface area contributed by atoms with Crippen molar-refractivity contribution in [2.24, 2.45) is 0 Å². The molecule has 1 amide bonds. The highest BCUT2D eigenvalue weighted by molar-refractivity contribution is 5.94. The maximum Gasteiger partial charge on any atom is 0.341 e. The van der Waals surface area contributed by atoms with Gasteiger partial charge in [0.25, 0.3) is 5.91 Å². The largest absolute Gasteiger partial charge is 0.482 e. The summed E-state index contributed by atoms with van der Waals surface area (Å²) in [5, 5.41) is 11.6. The molecule has 2 aromatic rings. The molecule has 0 fully saturated rings. The summed E-state index contributed by atoms with van der Waals surface area (Å²) in [5.74, 6) is -0.910. The molecule has 0 saturated carbocycles. The van der Waals surface area contributed by atoms with E-state index < -0.39 is 12.6 Å². The van der Waals surface area contributed by atoms with Gasteiger partial charge in [-0.1, -0.05) is 29.8 Å². The van der Waals surface area contributed by atoms with Crippen molar-refractivity contribution in [3.8, 4) is 5.75 Å². The van der Waals surface area contributed by atoms with Crippen LogP contribution in [0.15, 0.2) is 42.5 Å².